The average Bonchev–Trinajstić information content (AvgIpc) is 2.97. The Balaban J connectivity index is 1.62. The van der Waals surface area contributed by atoms with Crippen LogP contribution in [0.15, 0.2) is 39.5 Å². The Kier molecular flexibility index (Phi) is 8.43. The third-order valence-electron chi connectivity index (χ3n) is 7.45. The van der Waals surface area contributed by atoms with E-state index in [2.05, 4.69) is 0 Å². The van der Waals surface area contributed by atoms with Crippen LogP contribution in [-0.2, 0) is 9.47 Å². The highest BCUT2D eigenvalue weighted by Crippen LogP contribution is 2.40. The van der Waals surface area contributed by atoms with Gasteiger partial charge in [0.05, 0.1) is 19.3 Å². The van der Waals surface area contributed by atoms with Crippen molar-refractivity contribution in [2.24, 2.45) is 0 Å². The number of fused-ring (bicyclic) bond motifs is 1. The third kappa shape index (κ3) is 5.57. The molecule has 2 aliphatic rings. The summed E-state index contributed by atoms with van der Waals surface area (Å²) in [4.78, 5) is 13.8. The van der Waals surface area contributed by atoms with Gasteiger partial charge < -0.3 is 69.0 Å². The molecule has 5 rings (SSSR count). The number of phenolic OH excluding ortho intramolecular Hbond substituents is 2. The highest BCUT2D eigenvalue weighted by atomic mass is 16.7. The topological polar surface area (TPSA) is 238 Å². The summed E-state index contributed by atoms with van der Waals surface area (Å²) in [7, 11) is 1.30. The second kappa shape index (κ2) is 11.8. The Hall–Kier alpha value is -3.67. The average molecular weight is 609 g/mol. The lowest BCUT2D eigenvalue weighted by atomic mass is 10.00. The zero-order valence-electron chi connectivity index (χ0n) is 23.1. The van der Waals surface area contributed by atoms with Gasteiger partial charge in [0.2, 0.25) is 23.8 Å². The zero-order chi connectivity index (χ0) is 31.3. The summed E-state index contributed by atoms with van der Waals surface area (Å²) in [6.07, 6.45) is -14.5. The number of phenols is 2. The Morgan fingerprint density at radius 3 is 1.88 bits per heavy atom. The van der Waals surface area contributed by atoms with Crippen molar-refractivity contribution in [3.05, 3.63) is 40.6 Å². The van der Waals surface area contributed by atoms with E-state index < -0.39 is 78.3 Å². The predicted molar refractivity (Wildman–Crippen MR) is 144 cm³/mol. The number of ether oxygens (including phenoxy) is 5. The molecule has 10 atom stereocenters. The predicted octanol–water partition coefficient (Wildman–Crippen LogP) is -0.708. The van der Waals surface area contributed by atoms with Crippen molar-refractivity contribution in [2.45, 2.75) is 75.3 Å². The Bertz CT molecular complexity index is 1540. The second-order valence-electron chi connectivity index (χ2n) is 10.4. The first-order valence-corrected chi connectivity index (χ1v) is 13.3. The molecule has 2 aliphatic heterocycles. The normalized spacial score (nSPS) is 32.9. The van der Waals surface area contributed by atoms with Crippen molar-refractivity contribution in [1.29, 1.82) is 0 Å². The summed E-state index contributed by atoms with van der Waals surface area (Å²) in [6, 6.07) is 6.18. The van der Waals surface area contributed by atoms with Gasteiger partial charge in [-0.25, -0.2) is 0 Å². The summed E-state index contributed by atoms with van der Waals surface area (Å²) in [5.41, 5.74) is -1.02. The molecule has 0 spiro atoms. The van der Waals surface area contributed by atoms with Crippen LogP contribution in [0.25, 0.3) is 22.3 Å². The van der Waals surface area contributed by atoms with Crippen LogP contribution >= 0.6 is 0 Å². The molecule has 15 nitrogen and oxygen atoms in total. The Morgan fingerprint density at radius 1 is 0.721 bits per heavy atom. The van der Waals surface area contributed by atoms with E-state index in [1.807, 2.05) is 0 Å². The highest BCUT2D eigenvalue weighted by molar-refractivity contribution is 5.88. The molecule has 0 aliphatic carbocycles. The summed E-state index contributed by atoms with van der Waals surface area (Å²) in [6.45, 7) is 2.88. The van der Waals surface area contributed by atoms with Crippen molar-refractivity contribution >= 4 is 11.0 Å². The number of hydrogen-bond donors (Lipinski definition) is 8. The van der Waals surface area contributed by atoms with Crippen LogP contribution in [0.1, 0.15) is 13.8 Å². The molecule has 8 N–H and O–H groups in total. The quantitative estimate of drug-likeness (QED) is 0.173. The molecular weight excluding hydrogens is 576 g/mol. The van der Waals surface area contributed by atoms with E-state index in [4.69, 9.17) is 28.1 Å². The Labute approximate surface area is 243 Å². The van der Waals surface area contributed by atoms with Gasteiger partial charge in [0.15, 0.2) is 17.3 Å². The number of benzene rings is 2. The van der Waals surface area contributed by atoms with Gasteiger partial charge in [0.25, 0.3) is 0 Å². The monoisotopic (exact) mass is 608 g/mol. The standard InChI is InChI=1S/C28H32O15/c1-9-18(31)21(34)23(36)27(39-9)41-12-7-14(30)17-16(8-12)42-25(11-4-5-13(29)15(6-11)38-3)26(20(17)33)43-28-24(37)22(35)19(32)10(2)40-28/h4-10,18-19,21-24,27-32,34-37H,1-3H3. The maximum absolute atomic E-state index is 13.8. The first kappa shape index (κ1) is 30.8. The molecule has 1 aromatic heterocycles. The molecule has 43 heavy (non-hydrogen) atoms. The van der Waals surface area contributed by atoms with E-state index in [1.54, 1.807) is 0 Å². The molecule has 10 unspecified atom stereocenters. The van der Waals surface area contributed by atoms with Crippen LogP contribution in [0, 0.1) is 0 Å². The fourth-order valence-electron chi connectivity index (χ4n) is 4.91. The van der Waals surface area contributed by atoms with Crippen molar-refractivity contribution in [1.82, 2.24) is 0 Å². The summed E-state index contributed by atoms with van der Waals surface area (Å²) in [5, 5.41) is 81.8. The van der Waals surface area contributed by atoms with E-state index in [0.29, 0.717) is 0 Å². The molecule has 234 valence electrons. The van der Waals surface area contributed by atoms with Gasteiger partial charge in [-0.05, 0) is 32.0 Å². The molecular formula is C28H32O15. The molecule has 3 aromatic rings. The van der Waals surface area contributed by atoms with E-state index in [1.165, 1.54) is 45.2 Å². The van der Waals surface area contributed by atoms with Gasteiger partial charge in [0, 0.05) is 17.7 Å². The third-order valence-corrected chi connectivity index (χ3v) is 7.45. The van der Waals surface area contributed by atoms with Crippen LogP contribution in [0.2, 0.25) is 0 Å². The molecule has 3 heterocycles. The van der Waals surface area contributed by atoms with Crippen molar-refractivity contribution < 1.29 is 69.0 Å². The molecule has 0 saturated carbocycles. The van der Waals surface area contributed by atoms with E-state index in [9.17, 15) is 45.6 Å². The van der Waals surface area contributed by atoms with Gasteiger partial charge in [-0.1, -0.05) is 0 Å². The molecule has 0 amide bonds. The van der Waals surface area contributed by atoms with Crippen molar-refractivity contribution in [2.75, 3.05) is 7.11 Å². The summed E-state index contributed by atoms with van der Waals surface area (Å²) in [5.74, 6) is -1.83. The lowest BCUT2D eigenvalue weighted by Crippen LogP contribution is -2.58. The maximum Gasteiger partial charge on any atom is 0.239 e. The maximum atomic E-state index is 13.8. The van der Waals surface area contributed by atoms with Crippen LogP contribution in [0.3, 0.4) is 0 Å². The number of methoxy groups -OCH3 is 1. The highest BCUT2D eigenvalue weighted by Gasteiger charge is 2.45. The minimum atomic E-state index is -1.79. The smallest absolute Gasteiger partial charge is 0.239 e. The molecule has 2 fully saturated rings. The van der Waals surface area contributed by atoms with Gasteiger partial charge in [0.1, 0.15) is 59.1 Å². The van der Waals surface area contributed by atoms with Crippen LogP contribution in [-0.4, -0.2) is 109 Å². The molecule has 0 bridgehead atoms. The summed E-state index contributed by atoms with van der Waals surface area (Å²) < 4.78 is 33.5. The van der Waals surface area contributed by atoms with Gasteiger partial charge in [-0.2, -0.15) is 0 Å². The van der Waals surface area contributed by atoms with Crippen molar-refractivity contribution in [3.63, 3.8) is 0 Å². The van der Waals surface area contributed by atoms with Crippen LogP contribution in [0.5, 0.6) is 28.7 Å². The first-order valence-electron chi connectivity index (χ1n) is 13.3. The summed E-state index contributed by atoms with van der Waals surface area (Å²) >= 11 is 0. The van der Waals surface area contributed by atoms with E-state index in [0.717, 1.165) is 6.07 Å². The Morgan fingerprint density at radius 2 is 1.30 bits per heavy atom. The number of hydrogen-bond acceptors (Lipinski definition) is 15. The number of rotatable bonds is 6. The van der Waals surface area contributed by atoms with Crippen LogP contribution in [0.4, 0.5) is 0 Å². The number of aliphatic hydroxyl groups excluding tert-OH is 6. The fourth-order valence-corrected chi connectivity index (χ4v) is 4.91. The van der Waals surface area contributed by atoms with E-state index >= 15 is 0 Å². The van der Waals surface area contributed by atoms with Gasteiger partial charge >= 0.3 is 0 Å². The van der Waals surface area contributed by atoms with Gasteiger partial charge in [-0.3, -0.25) is 4.79 Å². The number of aliphatic hydroxyl groups is 6. The second-order valence-corrected chi connectivity index (χ2v) is 10.4. The molecule has 15 heteroatoms. The zero-order valence-corrected chi connectivity index (χ0v) is 23.1. The minimum absolute atomic E-state index is 0.00513. The van der Waals surface area contributed by atoms with Gasteiger partial charge in [-0.15, -0.1) is 0 Å². The molecule has 2 saturated heterocycles. The minimum Gasteiger partial charge on any atom is -0.507 e. The first-order chi connectivity index (χ1) is 20.3. The van der Waals surface area contributed by atoms with Crippen molar-refractivity contribution in [3.8, 4) is 40.1 Å². The van der Waals surface area contributed by atoms with Crippen LogP contribution < -0.4 is 19.6 Å². The molecule has 2 aromatic carbocycles. The fraction of sp³-hybridized carbons (Fsp3) is 0.464. The largest absolute Gasteiger partial charge is 0.507 e. The van der Waals surface area contributed by atoms with E-state index in [-0.39, 0.29) is 39.5 Å². The molecule has 0 radical (unpaired) electrons. The lowest BCUT2D eigenvalue weighted by molar-refractivity contribution is -0.268. The number of aromatic hydroxyl groups is 2. The lowest BCUT2D eigenvalue weighted by Gasteiger charge is -2.39. The SMILES string of the molecule is COc1cc(-c2oc3cc(OC4OC(C)C(O)C(O)C4O)cc(O)c3c(=O)c2OC2OC(C)C(O)C(O)C2O)ccc1O.